The van der Waals surface area contributed by atoms with Crippen LogP contribution in [0.5, 0.6) is 0 Å². The lowest BCUT2D eigenvalue weighted by atomic mass is 10.1. The Hall–Kier alpha value is -1.74. The van der Waals surface area contributed by atoms with Gasteiger partial charge in [-0.05, 0) is 40.5 Å². The van der Waals surface area contributed by atoms with E-state index in [0.717, 1.165) is 0 Å². The second kappa shape index (κ2) is 18.1. The minimum Gasteiger partial charge on any atom is -0.460 e. The Morgan fingerprint density at radius 3 is 1.87 bits per heavy atom. The van der Waals surface area contributed by atoms with Crippen LogP contribution in [0.1, 0.15) is 40.5 Å². The highest BCUT2D eigenvalue weighted by Gasteiger charge is 2.15. The monoisotopic (exact) mass is 430 g/mol. The quantitative estimate of drug-likeness (QED) is 0.176. The average molecular weight is 431 g/mol. The summed E-state index contributed by atoms with van der Waals surface area (Å²) < 4.78 is 32.4. The van der Waals surface area contributed by atoms with Crippen LogP contribution in [-0.2, 0) is 38.0 Å². The second-order valence-electron chi connectivity index (χ2n) is 6.84. The Bertz CT molecular complexity index is 517. The molecule has 0 fully saturated rings. The molecule has 0 aliphatic rings. The van der Waals surface area contributed by atoms with Gasteiger partial charge in [-0.3, -0.25) is 0 Å². The number of hydrogen-bond donors (Lipinski definition) is 0. The van der Waals surface area contributed by atoms with Crippen LogP contribution in [0.3, 0.4) is 0 Å². The third kappa shape index (κ3) is 16.1. The Kier molecular flexibility index (Phi) is 17.0. The number of esters is 2. The van der Waals surface area contributed by atoms with Crippen LogP contribution < -0.4 is 0 Å². The molecule has 0 aromatic heterocycles. The van der Waals surface area contributed by atoms with Crippen molar-refractivity contribution in [3.05, 3.63) is 24.3 Å². The number of carbonyl (C=O) groups is 2. The minimum atomic E-state index is -0.435. The Labute approximate surface area is 180 Å². The molecule has 0 aliphatic heterocycles. The first-order valence-electron chi connectivity index (χ1n) is 10.3. The third-order valence-electron chi connectivity index (χ3n) is 3.84. The van der Waals surface area contributed by atoms with Crippen molar-refractivity contribution < 1.29 is 38.0 Å². The number of rotatable bonds is 19. The van der Waals surface area contributed by atoms with E-state index in [1.54, 1.807) is 13.8 Å². The average Bonchev–Trinajstić information content (AvgIpc) is 2.70. The Balaban J connectivity index is 4.24. The first-order valence-corrected chi connectivity index (χ1v) is 10.3. The molecule has 2 unspecified atom stereocenters. The predicted molar refractivity (Wildman–Crippen MR) is 113 cm³/mol. The fourth-order valence-corrected chi connectivity index (χ4v) is 2.27. The van der Waals surface area contributed by atoms with Gasteiger partial charge in [-0.25, -0.2) is 9.59 Å². The lowest BCUT2D eigenvalue weighted by Crippen LogP contribution is -2.26. The van der Waals surface area contributed by atoms with Crippen molar-refractivity contribution in [1.82, 2.24) is 0 Å². The van der Waals surface area contributed by atoms with Gasteiger partial charge in [0.2, 0.25) is 0 Å². The van der Waals surface area contributed by atoms with Crippen LogP contribution in [0, 0.1) is 0 Å². The van der Waals surface area contributed by atoms with Crippen LogP contribution in [0.4, 0.5) is 0 Å². The van der Waals surface area contributed by atoms with Gasteiger partial charge in [0.25, 0.3) is 0 Å². The molecule has 0 spiro atoms. The molecule has 174 valence electrons. The summed E-state index contributed by atoms with van der Waals surface area (Å²) in [7, 11) is 0. The molecule has 8 nitrogen and oxygen atoms in total. The normalized spacial score (nSPS) is 12.8. The van der Waals surface area contributed by atoms with Gasteiger partial charge in [-0.1, -0.05) is 13.2 Å². The first kappa shape index (κ1) is 28.3. The maximum Gasteiger partial charge on any atom is 0.333 e. The molecule has 0 amide bonds. The standard InChI is InChI=1S/C22H38O8/c1-7-25-10-12-27-19(6)16-20(28-14-15-30-22(24)18(4)5)8-9-26-11-13-29-21(23)17(2)3/h19-20H,2,4,7-16H2,1,3,5-6H3. The van der Waals surface area contributed by atoms with Gasteiger partial charge in [-0.2, -0.15) is 0 Å². The first-order chi connectivity index (χ1) is 14.3. The van der Waals surface area contributed by atoms with Gasteiger partial charge in [0.15, 0.2) is 0 Å². The maximum atomic E-state index is 11.4. The van der Waals surface area contributed by atoms with E-state index in [0.29, 0.717) is 57.0 Å². The van der Waals surface area contributed by atoms with Gasteiger partial charge in [0.1, 0.15) is 13.2 Å². The van der Waals surface area contributed by atoms with Crippen molar-refractivity contribution in [1.29, 1.82) is 0 Å². The SMILES string of the molecule is C=C(C)C(=O)OCCOCCC(CC(C)OCCOCC)OCCOC(=O)C(=C)C. The Morgan fingerprint density at radius 2 is 1.30 bits per heavy atom. The summed E-state index contributed by atoms with van der Waals surface area (Å²) >= 11 is 0. The number of ether oxygens (including phenoxy) is 6. The molecule has 0 radical (unpaired) electrons. The van der Waals surface area contributed by atoms with Crippen LogP contribution in [-0.4, -0.2) is 77.0 Å². The zero-order chi connectivity index (χ0) is 22.8. The molecular formula is C22H38O8. The minimum absolute atomic E-state index is 0.0232. The van der Waals surface area contributed by atoms with E-state index in [2.05, 4.69) is 13.2 Å². The smallest absolute Gasteiger partial charge is 0.333 e. The molecule has 2 atom stereocenters. The van der Waals surface area contributed by atoms with E-state index >= 15 is 0 Å². The number of carbonyl (C=O) groups excluding carboxylic acids is 2. The van der Waals surface area contributed by atoms with Crippen molar-refractivity contribution in [2.75, 3.05) is 52.9 Å². The van der Waals surface area contributed by atoms with E-state index < -0.39 is 11.9 Å². The van der Waals surface area contributed by atoms with E-state index in [-0.39, 0.29) is 32.0 Å². The Morgan fingerprint density at radius 1 is 0.767 bits per heavy atom. The summed E-state index contributed by atoms with van der Waals surface area (Å²) in [5.74, 6) is -0.863. The fraction of sp³-hybridized carbons (Fsp3) is 0.727. The van der Waals surface area contributed by atoms with E-state index in [1.807, 2.05) is 13.8 Å². The molecule has 0 heterocycles. The molecule has 8 heteroatoms. The van der Waals surface area contributed by atoms with Crippen molar-refractivity contribution >= 4 is 11.9 Å². The summed E-state index contributed by atoms with van der Waals surface area (Å²) in [6.45, 7) is 17.2. The highest BCUT2D eigenvalue weighted by Crippen LogP contribution is 2.11. The van der Waals surface area contributed by atoms with Crippen LogP contribution in [0.2, 0.25) is 0 Å². The zero-order valence-corrected chi connectivity index (χ0v) is 18.9. The topological polar surface area (TPSA) is 89.5 Å². The van der Waals surface area contributed by atoms with E-state index in [4.69, 9.17) is 28.4 Å². The van der Waals surface area contributed by atoms with Gasteiger partial charge < -0.3 is 28.4 Å². The molecule has 30 heavy (non-hydrogen) atoms. The highest BCUT2D eigenvalue weighted by molar-refractivity contribution is 5.87. The summed E-state index contributed by atoms with van der Waals surface area (Å²) in [4.78, 5) is 22.7. The molecule has 0 aromatic rings. The summed E-state index contributed by atoms with van der Waals surface area (Å²) in [5, 5.41) is 0. The van der Waals surface area contributed by atoms with Gasteiger partial charge in [-0.15, -0.1) is 0 Å². The van der Waals surface area contributed by atoms with Gasteiger partial charge in [0, 0.05) is 24.4 Å². The predicted octanol–water partition coefficient (Wildman–Crippen LogP) is 2.85. The molecule has 0 aromatic carbocycles. The molecule has 0 rings (SSSR count). The molecular weight excluding hydrogens is 392 g/mol. The molecule has 0 N–H and O–H groups in total. The molecule has 0 aliphatic carbocycles. The number of hydrogen-bond acceptors (Lipinski definition) is 8. The van der Waals surface area contributed by atoms with Crippen molar-refractivity contribution in [3.63, 3.8) is 0 Å². The zero-order valence-electron chi connectivity index (χ0n) is 18.9. The second-order valence-corrected chi connectivity index (χ2v) is 6.84. The van der Waals surface area contributed by atoms with E-state index in [1.165, 1.54) is 0 Å². The summed E-state index contributed by atoms with van der Waals surface area (Å²) in [6.07, 6.45) is 1.13. The maximum absolute atomic E-state index is 11.4. The fourth-order valence-electron chi connectivity index (χ4n) is 2.27. The van der Waals surface area contributed by atoms with Crippen molar-refractivity contribution in [2.24, 2.45) is 0 Å². The summed E-state index contributed by atoms with van der Waals surface area (Å²) in [6, 6.07) is 0. The highest BCUT2D eigenvalue weighted by atomic mass is 16.6. The third-order valence-corrected chi connectivity index (χ3v) is 3.84. The van der Waals surface area contributed by atoms with Gasteiger partial charge in [0.05, 0.1) is 38.6 Å². The van der Waals surface area contributed by atoms with Gasteiger partial charge >= 0.3 is 11.9 Å². The van der Waals surface area contributed by atoms with E-state index in [9.17, 15) is 9.59 Å². The lowest BCUT2D eigenvalue weighted by molar-refractivity contribution is -0.141. The van der Waals surface area contributed by atoms with Crippen LogP contribution in [0.15, 0.2) is 24.3 Å². The van der Waals surface area contributed by atoms with Crippen LogP contribution >= 0.6 is 0 Å². The lowest BCUT2D eigenvalue weighted by Gasteiger charge is -2.22. The largest absolute Gasteiger partial charge is 0.460 e. The van der Waals surface area contributed by atoms with Crippen molar-refractivity contribution in [3.8, 4) is 0 Å². The van der Waals surface area contributed by atoms with Crippen LogP contribution in [0.25, 0.3) is 0 Å². The molecule has 0 bridgehead atoms. The van der Waals surface area contributed by atoms with Crippen molar-refractivity contribution in [2.45, 2.75) is 52.7 Å². The molecule has 0 saturated heterocycles. The summed E-state index contributed by atoms with van der Waals surface area (Å²) in [5.41, 5.74) is 0.706. The molecule has 0 saturated carbocycles.